The minimum Gasteiger partial charge on any atom is -0.494 e. The van der Waals surface area contributed by atoms with Gasteiger partial charge in [0.2, 0.25) is 0 Å². The molecular weight excluding hydrogens is 260 g/mol. The first kappa shape index (κ1) is 10.6. The van der Waals surface area contributed by atoms with Crippen molar-refractivity contribution in [1.82, 2.24) is 9.38 Å². The first-order valence-electron chi connectivity index (χ1n) is 4.85. The van der Waals surface area contributed by atoms with E-state index in [1.54, 1.807) is 31.5 Å². The van der Waals surface area contributed by atoms with Gasteiger partial charge < -0.3 is 4.74 Å². The third-order valence-corrected chi connectivity index (χ3v) is 3.60. The van der Waals surface area contributed by atoms with Crippen LogP contribution in [0.3, 0.4) is 0 Å². The minimum atomic E-state index is -0.132. The maximum Gasteiger partial charge on any atom is 0.266 e. The summed E-state index contributed by atoms with van der Waals surface area (Å²) in [4.78, 5) is 17.2. The zero-order chi connectivity index (χ0) is 12.0. The fraction of sp³-hybridized carbons (Fsp3) is 0.0909. The third-order valence-electron chi connectivity index (χ3n) is 2.50. The van der Waals surface area contributed by atoms with E-state index in [9.17, 15) is 4.79 Å². The van der Waals surface area contributed by atoms with Gasteiger partial charge in [-0.2, -0.15) is 0 Å². The Kier molecular flexibility index (Phi) is 2.31. The van der Waals surface area contributed by atoms with Gasteiger partial charge in [-0.05, 0) is 12.1 Å². The van der Waals surface area contributed by atoms with Crippen LogP contribution in [0.15, 0.2) is 29.2 Å². The highest BCUT2D eigenvalue weighted by Crippen LogP contribution is 2.25. The summed E-state index contributed by atoms with van der Waals surface area (Å²) >= 11 is 7.15. The second-order valence-electron chi connectivity index (χ2n) is 3.46. The van der Waals surface area contributed by atoms with Gasteiger partial charge in [0.25, 0.3) is 5.56 Å². The summed E-state index contributed by atoms with van der Waals surface area (Å²) in [6, 6.07) is 5.27. The molecule has 1 aromatic carbocycles. The molecule has 0 unspecified atom stereocenters. The van der Waals surface area contributed by atoms with Crippen molar-refractivity contribution in [2.75, 3.05) is 7.11 Å². The molecule has 0 fully saturated rings. The number of halogens is 1. The predicted molar refractivity (Wildman–Crippen MR) is 68.4 cm³/mol. The second kappa shape index (κ2) is 3.72. The van der Waals surface area contributed by atoms with E-state index in [0.717, 1.165) is 0 Å². The van der Waals surface area contributed by atoms with Crippen LogP contribution in [0.2, 0.25) is 4.34 Å². The lowest BCUT2D eigenvalue weighted by Crippen LogP contribution is -2.12. The number of methoxy groups -OCH3 is 1. The molecule has 0 bridgehead atoms. The van der Waals surface area contributed by atoms with Crippen molar-refractivity contribution in [3.05, 3.63) is 39.1 Å². The highest BCUT2D eigenvalue weighted by molar-refractivity contribution is 7.20. The number of hydrogen-bond donors (Lipinski definition) is 0. The Labute approximate surface area is 105 Å². The third kappa shape index (κ3) is 1.50. The van der Waals surface area contributed by atoms with Crippen LogP contribution in [0.5, 0.6) is 5.75 Å². The maximum atomic E-state index is 12.2. The van der Waals surface area contributed by atoms with Crippen molar-refractivity contribution in [2.45, 2.75) is 0 Å². The van der Waals surface area contributed by atoms with Crippen LogP contribution < -0.4 is 10.3 Å². The molecule has 2 heterocycles. The van der Waals surface area contributed by atoms with Gasteiger partial charge in [0, 0.05) is 6.20 Å². The quantitative estimate of drug-likeness (QED) is 0.680. The van der Waals surface area contributed by atoms with Gasteiger partial charge in [-0.1, -0.05) is 29.0 Å². The molecule has 0 atom stereocenters. The lowest BCUT2D eigenvalue weighted by atomic mass is 10.2. The Hall–Kier alpha value is -1.59. The van der Waals surface area contributed by atoms with Gasteiger partial charge in [-0.15, -0.1) is 0 Å². The molecule has 86 valence electrons. The lowest BCUT2D eigenvalue weighted by molar-refractivity contribution is 0.419. The Morgan fingerprint density at radius 2 is 2.29 bits per heavy atom. The van der Waals surface area contributed by atoms with Gasteiger partial charge in [-0.25, -0.2) is 4.98 Å². The van der Waals surface area contributed by atoms with Gasteiger partial charge in [-0.3, -0.25) is 9.20 Å². The van der Waals surface area contributed by atoms with Gasteiger partial charge in [0.15, 0.2) is 4.96 Å². The summed E-state index contributed by atoms with van der Waals surface area (Å²) in [7, 11) is 1.56. The number of para-hydroxylation sites is 1. The van der Waals surface area contributed by atoms with Crippen LogP contribution in [0, 0.1) is 0 Å². The molecule has 6 heteroatoms. The first-order chi connectivity index (χ1) is 8.20. The average molecular weight is 267 g/mol. The Balaban J connectivity index is 2.58. The summed E-state index contributed by atoms with van der Waals surface area (Å²) in [5, 5.41) is 0.524. The van der Waals surface area contributed by atoms with Crippen molar-refractivity contribution in [2.24, 2.45) is 0 Å². The smallest absolute Gasteiger partial charge is 0.266 e. The summed E-state index contributed by atoms with van der Waals surface area (Å²) < 4.78 is 7.18. The summed E-state index contributed by atoms with van der Waals surface area (Å²) in [6.07, 6.45) is 1.58. The molecule has 0 N–H and O–H groups in total. The molecule has 0 radical (unpaired) electrons. The number of fused-ring (bicyclic) bond motifs is 2. The zero-order valence-corrected chi connectivity index (χ0v) is 10.4. The van der Waals surface area contributed by atoms with E-state index in [1.807, 2.05) is 0 Å². The Morgan fingerprint density at radius 3 is 3.06 bits per heavy atom. The van der Waals surface area contributed by atoms with Crippen LogP contribution >= 0.6 is 22.9 Å². The molecule has 4 nitrogen and oxygen atoms in total. The summed E-state index contributed by atoms with van der Waals surface area (Å²) in [5.74, 6) is 0.589. The van der Waals surface area contributed by atoms with Crippen molar-refractivity contribution in [3.8, 4) is 5.75 Å². The summed E-state index contributed by atoms with van der Waals surface area (Å²) in [6.45, 7) is 0. The van der Waals surface area contributed by atoms with Crippen molar-refractivity contribution >= 4 is 38.8 Å². The standard InChI is InChI=1S/C11H7ClN2O2S/c1-16-7-4-2-3-6-9(7)13-11-14(10(6)15)5-8(12)17-11/h2-5H,1H3. The number of hydrogen-bond acceptors (Lipinski definition) is 4. The molecule has 3 rings (SSSR count). The van der Waals surface area contributed by atoms with Gasteiger partial charge >= 0.3 is 0 Å². The van der Waals surface area contributed by atoms with Crippen molar-refractivity contribution in [3.63, 3.8) is 0 Å². The average Bonchev–Trinajstić information content (AvgIpc) is 2.70. The predicted octanol–water partition coefficient (Wildman–Crippen LogP) is 2.57. The van der Waals surface area contributed by atoms with E-state index in [0.29, 0.717) is 25.9 Å². The van der Waals surface area contributed by atoms with E-state index in [4.69, 9.17) is 16.3 Å². The van der Waals surface area contributed by atoms with Crippen LogP contribution in [-0.4, -0.2) is 16.5 Å². The molecule has 0 amide bonds. The monoisotopic (exact) mass is 266 g/mol. The SMILES string of the molecule is COc1cccc2c(=O)n3cc(Cl)sc3nc12. The number of nitrogens with zero attached hydrogens (tertiary/aromatic N) is 2. The first-order valence-corrected chi connectivity index (χ1v) is 6.04. The molecule has 0 spiro atoms. The fourth-order valence-corrected chi connectivity index (χ4v) is 2.75. The van der Waals surface area contributed by atoms with Crippen LogP contribution in [0.25, 0.3) is 15.9 Å². The molecule has 0 saturated carbocycles. The largest absolute Gasteiger partial charge is 0.494 e. The van der Waals surface area contributed by atoms with Gasteiger partial charge in [0.1, 0.15) is 15.6 Å². The van der Waals surface area contributed by atoms with E-state index in [-0.39, 0.29) is 5.56 Å². The van der Waals surface area contributed by atoms with Crippen molar-refractivity contribution in [1.29, 1.82) is 0 Å². The number of rotatable bonds is 1. The number of thiazole rings is 1. The fourth-order valence-electron chi connectivity index (χ4n) is 1.74. The number of benzene rings is 1. The molecule has 3 aromatic rings. The molecule has 2 aromatic heterocycles. The maximum absolute atomic E-state index is 12.2. The molecule has 0 saturated heterocycles. The number of ether oxygens (including phenoxy) is 1. The minimum absolute atomic E-state index is 0.132. The highest BCUT2D eigenvalue weighted by atomic mass is 35.5. The Morgan fingerprint density at radius 1 is 1.47 bits per heavy atom. The topological polar surface area (TPSA) is 43.6 Å². The lowest BCUT2D eigenvalue weighted by Gasteiger charge is -2.03. The second-order valence-corrected chi connectivity index (χ2v) is 5.10. The molecule has 0 aliphatic carbocycles. The van der Waals surface area contributed by atoms with Crippen LogP contribution in [0.1, 0.15) is 0 Å². The van der Waals surface area contributed by atoms with Crippen molar-refractivity contribution < 1.29 is 4.74 Å². The number of aromatic nitrogens is 2. The molecule has 0 aliphatic rings. The zero-order valence-electron chi connectivity index (χ0n) is 8.81. The van der Waals surface area contributed by atoms with Crippen LogP contribution in [0.4, 0.5) is 0 Å². The molecular formula is C11H7ClN2O2S. The van der Waals surface area contributed by atoms with E-state index in [1.165, 1.54) is 15.7 Å². The van der Waals surface area contributed by atoms with E-state index in [2.05, 4.69) is 4.98 Å². The summed E-state index contributed by atoms with van der Waals surface area (Å²) in [5.41, 5.74) is 0.436. The van der Waals surface area contributed by atoms with E-state index >= 15 is 0 Å². The van der Waals surface area contributed by atoms with Gasteiger partial charge in [0.05, 0.1) is 12.5 Å². The highest BCUT2D eigenvalue weighted by Gasteiger charge is 2.11. The molecule has 0 aliphatic heterocycles. The Bertz CT molecular complexity index is 778. The molecule has 17 heavy (non-hydrogen) atoms. The normalized spacial score (nSPS) is 11.2. The van der Waals surface area contributed by atoms with Crippen LogP contribution in [-0.2, 0) is 0 Å². The van der Waals surface area contributed by atoms with E-state index < -0.39 is 0 Å².